The van der Waals surface area contributed by atoms with E-state index in [1.165, 1.54) is 29.7 Å². The number of nitrogens with zero attached hydrogens (tertiary/aromatic N) is 2. The third-order valence-corrected chi connectivity index (χ3v) is 6.51. The minimum atomic E-state index is -0.461. The number of aromatic nitrogens is 2. The predicted molar refractivity (Wildman–Crippen MR) is 131 cm³/mol. The van der Waals surface area contributed by atoms with E-state index in [0.29, 0.717) is 18.4 Å². The van der Waals surface area contributed by atoms with E-state index in [-0.39, 0.29) is 12.6 Å². The van der Waals surface area contributed by atoms with Crippen molar-refractivity contribution in [2.45, 2.75) is 78.4 Å². The number of esters is 1. The van der Waals surface area contributed by atoms with Crippen LogP contribution in [0.5, 0.6) is 0 Å². The Kier molecular flexibility index (Phi) is 8.95. The van der Waals surface area contributed by atoms with Crippen molar-refractivity contribution in [2.75, 3.05) is 13.2 Å². The number of carbonyl (C=O) groups excluding carboxylic acids is 1. The maximum Gasteiger partial charge on any atom is 0.332 e. The van der Waals surface area contributed by atoms with Crippen molar-refractivity contribution in [1.29, 1.82) is 0 Å². The van der Waals surface area contributed by atoms with E-state index in [4.69, 9.17) is 14.6 Å². The molecular formula is C26H37BrN2O3. The number of hydrogen-bond acceptors (Lipinski definition) is 4. The lowest BCUT2D eigenvalue weighted by molar-refractivity contribution is -0.160. The van der Waals surface area contributed by atoms with Gasteiger partial charge in [-0.3, -0.25) is 4.68 Å². The lowest BCUT2D eigenvalue weighted by Gasteiger charge is -2.29. The molecule has 0 saturated heterocycles. The summed E-state index contributed by atoms with van der Waals surface area (Å²) in [7, 11) is 0. The number of carbonyl (C=O) groups is 1. The molecule has 0 radical (unpaired) electrons. The van der Waals surface area contributed by atoms with Gasteiger partial charge in [0.2, 0.25) is 0 Å². The molecule has 1 aromatic heterocycles. The first kappa shape index (κ1) is 25.0. The van der Waals surface area contributed by atoms with Crippen molar-refractivity contribution in [3.05, 3.63) is 40.6 Å². The number of rotatable bonds is 9. The molecule has 5 nitrogen and oxygen atoms in total. The zero-order valence-corrected chi connectivity index (χ0v) is 21.5. The third kappa shape index (κ3) is 7.17. The number of ether oxygens (including phenoxy) is 2. The fourth-order valence-corrected chi connectivity index (χ4v) is 5.15. The molecule has 1 heterocycles. The summed E-state index contributed by atoms with van der Waals surface area (Å²) in [5.41, 5.74) is 3.32. The third-order valence-electron chi connectivity index (χ3n) is 5.96. The van der Waals surface area contributed by atoms with Gasteiger partial charge in [-0.05, 0) is 86.2 Å². The van der Waals surface area contributed by atoms with E-state index in [1.54, 1.807) is 0 Å². The van der Waals surface area contributed by atoms with Crippen LogP contribution in [0.1, 0.15) is 65.5 Å². The quantitative estimate of drug-likeness (QED) is 0.369. The maximum atomic E-state index is 11.8. The van der Waals surface area contributed by atoms with Gasteiger partial charge in [0.15, 0.2) is 0 Å². The maximum absolute atomic E-state index is 11.8. The van der Waals surface area contributed by atoms with Crippen molar-refractivity contribution in [1.82, 2.24) is 9.78 Å². The Morgan fingerprint density at radius 3 is 2.41 bits per heavy atom. The average molecular weight is 505 g/mol. The van der Waals surface area contributed by atoms with Crippen LogP contribution >= 0.6 is 15.9 Å². The molecule has 0 atom stereocenters. The van der Waals surface area contributed by atoms with Gasteiger partial charge < -0.3 is 9.47 Å². The molecule has 0 aliphatic heterocycles. The van der Waals surface area contributed by atoms with Crippen LogP contribution in [0.15, 0.2) is 34.9 Å². The summed E-state index contributed by atoms with van der Waals surface area (Å²) in [6.45, 7) is 9.49. The van der Waals surface area contributed by atoms with Crippen LogP contribution in [0.4, 0.5) is 0 Å². The molecular weight excluding hydrogens is 468 g/mol. The van der Waals surface area contributed by atoms with Crippen molar-refractivity contribution in [3.8, 4) is 11.1 Å². The minimum absolute atomic E-state index is 0.0428. The lowest BCUT2D eigenvalue weighted by Crippen LogP contribution is -2.28. The second-order valence-electron chi connectivity index (χ2n) is 9.90. The van der Waals surface area contributed by atoms with Crippen LogP contribution in [0.3, 0.4) is 0 Å². The van der Waals surface area contributed by atoms with E-state index < -0.39 is 5.60 Å². The molecule has 1 aliphatic rings. The molecule has 0 amide bonds. The van der Waals surface area contributed by atoms with E-state index in [9.17, 15) is 4.79 Å². The second-order valence-corrected chi connectivity index (χ2v) is 10.7. The smallest absolute Gasteiger partial charge is 0.332 e. The summed E-state index contributed by atoms with van der Waals surface area (Å²) in [5, 5.41) is 4.87. The van der Waals surface area contributed by atoms with Crippen molar-refractivity contribution in [2.24, 2.45) is 11.8 Å². The Morgan fingerprint density at radius 2 is 1.78 bits per heavy atom. The SMILES string of the molecule is CCCc1c(-c2ccccc2)c(Br)nn1C[C@H]1CC[C@H](COCC(=O)OC(C)(C)C)CC1. The van der Waals surface area contributed by atoms with E-state index in [1.807, 2.05) is 20.8 Å². The molecule has 0 spiro atoms. The van der Waals surface area contributed by atoms with Crippen LogP contribution in [0.25, 0.3) is 11.1 Å². The van der Waals surface area contributed by atoms with Gasteiger partial charge in [-0.1, -0.05) is 43.7 Å². The summed E-state index contributed by atoms with van der Waals surface area (Å²) < 4.78 is 14.1. The Morgan fingerprint density at radius 1 is 1.12 bits per heavy atom. The van der Waals surface area contributed by atoms with Gasteiger partial charge in [0, 0.05) is 17.8 Å². The van der Waals surface area contributed by atoms with Gasteiger partial charge in [-0.25, -0.2) is 4.79 Å². The summed E-state index contributed by atoms with van der Waals surface area (Å²) in [5.74, 6) is 0.865. The molecule has 0 N–H and O–H groups in total. The Balaban J connectivity index is 1.52. The van der Waals surface area contributed by atoms with Crippen molar-refractivity contribution >= 4 is 21.9 Å². The molecule has 32 heavy (non-hydrogen) atoms. The van der Waals surface area contributed by atoms with Gasteiger partial charge >= 0.3 is 5.97 Å². The first-order valence-corrected chi connectivity index (χ1v) is 12.7. The average Bonchev–Trinajstić information content (AvgIpc) is 3.03. The minimum Gasteiger partial charge on any atom is -0.458 e. The zero-order valence-electron chi connectivity index (χ0n) is 19.9. The van der Waals surface area contributed by atoms with Crippen LogP contribution < -0.4 is 0 Å². The molecule has 3 rings (SSSR count). The van der Waals surface area contributed by atoms with E-state index >= 15 is 0 Å². The van der Waals surface area contributed by atoms with Gasteiger partial charge in [-0.2, -0.15) is 5.10 Å². The Labute approximate surface area is 201 Å². The lowest BCUT2D eigenvalue weighted by atomic mass is 9.82. The Hall–Kier alpha value is -1.66. The molecule has 1 aromatic carbocycles. The highest BCUT2D eigenvalue weighted by atomic mass is 79.9. The van der Waals surface area contributed by atoms with E-state index in [0.717, 1.165) is 36.8 Å². The molecule has 1 fully saturated rings. The number of benzene rings is 1. The topological polar surface area (TPSA) is 53.4 Å². The largest absolute Gasteiger partial charge is 0.458 e. The normalized spacial score (nSPS) is 19.2. The highest BCUT2D eigenvalue weighted by molar-refractivity contribution is 9.10. The summed E-state index contributed by atoms with van der Waals surface area (Å²) >= 11 is 3.72. The van der Waals surface area contributed by atoms with E-state index in [2.05, 4.69) is 57.9 Å². The molecule has 1 aliphatic carbocycles. The predicted octanol–water partition coefficient (Wildman–Crippen LogP) is 6.43. The second kappa shape index (κ2) is 11.5. The molecule has 6 heteroatoms. The summed E-state index contributed by atoms with van der Waals surface area (Å²) in [6, 6.07) is 10.5. The molecule has 1 saturated carbocycles. The fourth-order valence-electron chi connectivity index (χ4n) is 4.50. The number of hydrogen-bond donors (Lipinski definition) is 0. The van der Waals surface area contributed by atoms with Gasteiger partial charge in [0.25, 0.3) is 0 Å². The molecule has 0 unspecified atom stereocenters. The summed E-state index contributed by atoms with van der Waals surface area (Å²) in [6.07, 6.45) is 6.73. The zero-order chi connectivity index (χ0) is 23.1. The monoisotopic (exact) mass is 504 g/mol. The van der Waals surface area contributed by atoms with Crippen LogP contribution in [-0.2, 0) is 27.2 Å². The first-order chi connectivity index (χ1) is 15.3. The first-order valence-electron chi connectivity index (χ1n) is 11.9. The van der Waals surface area contributed by atoms with Crippen LogP contribution in [0.2, 0.25) is 0 Å². The number of halogens is 1. The highest BCUT2D eigenvalue weighted by Gasteiger charge is 2.25. The highest BCUT2D eigenvalue weighted by Crippen LogP contribution is 2.35. The standard InChI is InChI=1S/C26H37BrN2O3/c1-5-9-22-24(21-10-7-6-8-11-21)25(27)28-29(22)16-19-12-14-20(15-13-19)17-31-18-23(30)32-26(2,3)4/h6-8,10-11,19-20H,5,9,12-18H2,1-4H3/t19-,20-. The van der Waals surface area contributed by atoms with Gasteiger partial charge in [0.05, 0.1) is 6.61 Å². The molecule has 176 valence electrons. The molecule has 2 aromatic rings. The van der Waals surface area contributed by atoms with Crippen molar-refractivity contribution in [3.63, 3.8) is 0 Å². The Bertz CT molecular complexity index is 865. The van der Waals surface area contributed by atoms with Crippen molar-refractivity contribution < 1.29 is 14.3 Å². The van der Waals surface area contributed by atoms with Gasteiger partial charge in [-0.15, -0.1) is 0 Å². The molecule has 0 bridgehead atoms. The summed E-state index contributed by atoms with van der Waals surface area (Å²) in [4.78, 5) is 11.8. The van der Waals surface area contributed by atoms with Crippen LogP contribution in [-0.4, -0.2) is 34.6 Å². The van der Waals surface area contributed by atoms with Gasteiger partial charge in [0.1, 0.15) is 16.8 Å². The fraction of sp³-hybridized carbons (Fsp3) is 0.615. The van der Waals surface area contributed by atoms with Crippen LogP contribution in [0, 0.1) is 11.8 Å².